The second-order valence-electron chi connectivity index (χ2n) is 2.47. The van der Waals surface area contributed by atoms with Crippen LogP contribution in [0.4, 0.5) is 0 Å². The second-order valence-corrected chi connectivity index (χ2v) is 3.37. The Kier molecular flexibility index (Phi) is 7.72. The average Bonchev–Trinajstić information content (AvgIpc) is 1.80. The van der Waals surface area contributed by atoms with Gasteiger partial charge in [0.15, 0.2) is 5.78 Å². The lowest BCUT2D eigenvalue weighted by molar-refractivity contribution is -0.121. The molecule has 2 atom stereocenters. The molecule has 0 fully saturated rings. The molecule has 8 nitrogen and oxygen atoms in total. The fourth-order valence-electron chi connectivity index (χ4n) is 0.392. The monoisotopic (exact) mass is 230 g/mol. The molecule has 0 radical (unpaired) electrons. The largest absolute Gasteiger partial charge is 0.394 e. The van der Waals surface area contributed by atoms with Crippen LogP contribution in [0.15, 0.2) is 0 Å². The van der Waals surface area contributed by atoms with Gasteiger partial charge in [-0.15, -0.1) is 0 Å². The molecule has 0 bridgehead atoms. The Morgan fingerprint density at radius 2 is 1.64 bits per heavy atom. The molecule has 0 aliphatic carbocycles. The highest BCUT2D eigenvalue weighted by Gasteiger charge is 2.09. The first-order valence-electron chi connectivity index (χ1n) is 3.46. The van der Waals surface area contributed by atoms with Crippen molar-refractivity contribution < 1.29 is 27.4 Å². The quantitative estimate of drug-likeness (QED) is 0.272. The van der Waals surface area contributed by atoms with Crippen molar-refractivity contribution in [2.24, 2.45) is 11.5 Å². The third-order valence-electron chi connectivity index (χ3n) is 0.918. The van der Waals surface area contributed by atoms with Gasteiger partial charge in [0.1, 0.15) is 6.23 Å². The average molecular weight is 230 g/mol. The van der Waals surface area contributed by atoms with E-state index >= 15 is 0 Å². The number of aliphatic hydroxyl groups is 1. The van der Waals surface area contributed by atoms with E-state index in [1.54, 1.807) is 6.92 Å². The van der Waals surface area contributed by atoms with Crippen LogP contribution in [0, 0.1) is 0 Å². The predicted molar refractivity (Wildman–Crippen MR) is 47.6 cm³/mol. The first kappa shape index (κ1) is 15.9. The summed E-state index contributed by atoms with van der Waals surface area (Å²) >= 11 is 0. The predicted octanol–water partition coefficient (Wildman–Crippen LogP) is -2.08. The molecule has 7 N–H and O–H groups in total. The van der Waals surface area contributed by atoms with Crippen molar-refractivity contribution in [2.45, 2.75) is 25.6 Å². The minimum Gasteiger partial charge on any atom is -0.378 e. The Balaban J connectivity index is 0. The first-order valence-corrected chi connectivity index (χ1v) is 4.85. The number of carbonyl (C=O) groups excluding carboxylic acids is 1. The Bertz CT molecular complexity index is 251. The molecule has 0 spiro atoms. The van der Waals surface area contributed by atoms with Crippen LogP contribution in [0.5, 0.6) is 0 Å². The minimum absolute atomic E-state index is 0.0579. The molecule has 1 unspecified atom stereocenters. The summed E-state index contributed by atoms with van der Waals surface area (Å²) in [6.45, 7) is 1.56. The topological polar surface area (TPSA) is 164 Å². The highest BCUT2D eigenvalue weighted by molar-refractivity contribution is 7.79. The van der Waals surface area contributed by atoms with E-state index in [1.165, 1.54) is 0 Å². The first-order chi connectivity index (χ1) is 6.04. The fraction of sp³-hybridized carbons (Fsp3) is 0.800. The summed E-state index contributed by atoms with van der Waals surface area (Å²) in [5.74, 6) is -0.218. The zero-order valence-corrected chi connectivity index (χ0v) is 8.31. The molecule has 0 aromatic rings. The van der Waals surface area contributed by atoms with Gasteiger partial charge < -0.3 is 16.6 Å². The number of ketones is 1. The molecule has 14 heavy (non-hydrogen) atoms. The number of rotatable bonds is 3. The van der Waals surface area contributed by atoms with Crippen LogP contribution in [0.25, 0.3) is 0 Å². The molecule has 0 aromatic carbocycles. The van der Waals surface area contributed by atoms with Crippen LogP contribution in [0.1, 0.15) is 13.3 Å². The van der Waals surface area contributed by atoms with Gasteiger partial charge in [-0.2, -0.15) is 8.42 Å². The van der Waals surface area contributed by atoms with Crippen molar-refractivity contribution in [3.63, 3.8) is 0 Å². The van der Waals surface area contributed by atoms with Crippen LogP contribution >= 0.6 is 0 Å². The molecule has 86 valence electrons. The third-order valence-corrected chi connectivity index (χ3v) is 0.918. The van der Waals surface area contributed by atoms with Gasteiger partial charge >= 0.3 is 10.4 Å². The highest BCUT2D eigenvalue weighted by Crippen LogP contribution is 1.88. The normalized spacial score (nSPS) is 15.0. The number of hydrogen-bond acceptors (Lipinski definition) is 6. The van der Waals surface area contributed by atoms with Crippen molar-refractivity contribution in [3.05, 3.63) is 0 Å². The minimum atomic E-state index is -4.67. The number of Topliss-reactive ketones (excluding diaryl/α,β-unsaturated/α-hetero) is 1. The summed E-state index contributed by atoms with van der Waals surface area (Å²) in [6.07, 6.45) is -1.12. The van der Waals surface area contributed by atoms with Gasteiger partial charge in [0.25, 0.3) is 0 Å². The number of nitrogens with two attached hydrogens (primary N) is 2. The number of aliphatic hydroxyl groups excluding tert-OH is 1. The zero-order valence-electron chi connectivity index (χ0n) is 7.49. The molecule has 0 aliphatic rings. The Morgan fingerprint density at radius 1 is 1.36 bits per heavy atom. The number of carbonyl (C=O) groups is 1. The maximum Gasteiger partial charge on any atom is 0.394 e. The highest BCUT2D eigenvalue weighted by atomic mass is 32.3. The molecule has 0 amide bonds. The van der Waals surface area contributed by atoms with E-state index in [0.717, 1.165) is 0 Å². The van der Waals surface area contributed by atoms with Crippen LogP contribution in [-0.4, -0.2) is 40.7 Å². The van der Waals surface area contributed by atoms with Gasteiger partial charge in [0.2, 0.25) is 0 Å². The zero-order chi connectivity index (χ0) is 11.9. The molecule has 0 aliphatic heterocycles. The van der Waals surface area contributed by atoms with E-state index in [-0.39, 0.29) is 12.2 Å². The second kappa shape index (κ2) is 6.81. The van der Waals surface area contributed by atoms with E-state index in [9.17, 15) is 4.79 Å². The molecular formula is C5H14N2O6S. The van der Waals surface area contributed by atoms with E-state index in [0.29, 0.717) is 0 Å². The van der Waals surface area contributed by atoms with Crippen LogP contribution < -0.4 is 11.5 Å². The summed E-state index contributed by atoms with van der Waals surface area (Å²) in [5, 5.41) is 8.47. The van der Waals surface area contributed by atoms with Crippen LogP contribution in [0.3, 0.4) is 0 Å². The SMILES string of the molecule is C[C@H](N)C(=O)CC(N)O.O=S(=O)(O)O. The van der Waals surface area contributed by atoms with Crippen molar-refractivity contribution in [2.75, 3.05) is 0 Å². The molecule has 9 heteroatoms. The van der Waals surface area contributed by atoms with E-state index in [1.807, 2.05) is 0 Å². The van der Waals surface area contributed by atoms with Crippen molar-refractivity contribution in [3.8, 4) is 0 Å². The fourth-order valence-corrected chi connectivity index (χ4v) is 0.392. The summed E-state index contributed by atoms with van der Waals surface area (Å²) in [5.41, 5.74) is 10.1. The summed E-state index contributed by atoms with van der Waals surface area (Å²) in [7, 11) is -4.67. The van der Waals surface area contributed by atoms with E-state index in [2.05, 4.69) is 0 Å². The van der Waals surface area contributed by atoms with Crippen LogP contribution in [-0.2, 0) is 15.2 Å². The summed E-state index contributed by atoms with van der Waals surface area (Å²) in [6, 6.07) is -0.525. The lowest BCUT2D eigenvalue weighted by Gasteiger charge is -2.04. The Morgan fingerprint density at radius 3 is 1.71 bits per heavy atom. The van der Waals surface area contributed by atoms with Crippen LogP contribution in [0.2, 0.25) is 0 Å². The maximum atomic E-state index is 10.6. The van der Waals surface area contributed by atoms with Crippen molar-refractivity contribution >= 4 is 16.2 Å². The third kappa shape index (κ3) is 22.5. The van der Waals surface area contributed by atoms with Gasteiger partial charge in [-0.3, -0.25) is 13.9 Å². The number of hydrogen-bond donors (Lipinski definition) is 5. The van der Waals surface area contributed by atoms with Crippen molar-refractivity contribution in [1.29, 1.82) is 0 Å². The van der Waals surface area contributed by atoms with Gasteiger partial charge in [0.05, 0.1) is 6.04 Å². The Labute approximate surface area is 81.5 Å². The lowest BCUT2D eigenvalue weighted by atomic mass is 10.1. The van der Waals surface area contributed by atoms with Gasteiger partial charge in [-0.25, -0.2) is 0 Å². The molecule has 0 aromatic heterocycles. The van der Waals surface area contributed by atoms with Gasteiger partial charge in [0, 0.05) is 6.42 Å². The van der Waals surface area contributed by atoms with E-state index in [4.69, 9.17) is 34.1 Å². The van der Waals surface area contributed by atoms with E-state index < -0.39 is 22.7 Å². The molecule has 0 saturated heterocycles. The smallest absolute Gasteiger partial charge is 0.378 e. The van der Waals surface area contributed by atoms with Gasteiger partial charge in [-0.1, -0.05) is 0 Å². The molecule has 0 saturated carbocycles. The Hall–Kier alpha value is -0.580. The maximum absolute atomic E-state index is 10.6. The molecule has 0 heterocycles. The summed E-state index contributed by atoms with van der Waals surface area (Å²) < 4.78 is 31.6. The summed E-state index contributed by atoms with van der Waals surface area (Å²) in [4.78, 5) is 10.6. The lowest BCUT2D eigenvalue weighted by Crippen LogP contribution is -2.32. The molecule has 0 rings (SSSR count). The molecular weight excluding hydrogens is 216 g/mol. The van der Waals surface area contributed by atoms with Crippen molar-refractivity contribution in [1.82, 2.24) is 0 Å². The van der Waals surface area contributed by atoms with Gasteiger partial charge in [-0.05, 0) is 6.92 Å². The standard InChI is InChI=1S/C5H12N2O2.H2O4S/c1-3(6)4(8)2-5(7)9;1-5(2,3)4/h3,5,9H,2,6-7H2,1H3;(H2,1,2,3,4)/t3-,5?;/m0./s1.